The largest absolute Gasteiger partial charge is 0.386 e. The molecule has 3 aliphatic rings. The summed E-state index contributed by atoms with van der Waals surface area (Å²) in [6, 6.07) is 0. The lowest BCUT2D eigenvalue weighted by atomic mass is 9.82. The van der Waals surface area contributed by atoms with Gasteiger partial charge in [0.2, 0.25) is 5.95 Å². The second kappa shape index (κ2) is 8.99. The molecule has 1 atom stereocenters. The number of anilines is 1. The Kier molecular flexibility index (Phi) is 6.12. The van der Waals surface area contributed by atoms with Crippen molar-refractivity contribution >= 4 is 11.7 Å². The molecule has 166 valence electrons. The normalized spacial score (nSPS) is 22.3. The fourth-order valence-electron chi connectivity index (χ4n) is 4.48. The lowest BCUT2D eigenvalue weighted by Crippen LogP contribution is -2.54. The SMILES string of the molecule is C=CC1(C)CN(c2ncc(C3=NCCC(C4=CC=CCC=C4)C(NC(=C)N)=C3C)cn2)C1. The van der Waals surface area contributed by atoms with E-state index < -0.39 is 0 Å². The molecule has 6 nitrogen and oxygen atoms in total. The van der Waals surface area contributed by atoms with Crippen molar-refractivity contribution in [2.75, 3.05) is 24.5 Å². The summed E-state index contributed by atoms with van der Waals surface area (Å²) < 4.78 is 0. The second-order valence-corrected chi connectivity index (χ2v) is 8.98. The maximum Gasteiger partial charge on any atom is 0.225 e. The Morgan fingerprint density at radius 2 is 2.03 bits per heavy atom. The minimum Gasteiger partial charge on any atom is -0.386 e. The molecule has 0 bridgehead atoms. The lowest BCUT2D eigenvalue weighted by Gasteiger charge is -2.46. The minimum atomic E-state index is 0.142. The topological polar surface area (TPSA) is 79.4 Å². The third-order valence-electron chi connectivity index (χ3n) is 6.29. The number of nitrogens with zero attached hydrogens (tertiary/aromatic N) is 4. The highest BCUT2D eigenvalue weighted by atomic mass is 15.3. The van der Waals surface area contributed by atoms with Gasteiger partial charge in [0, 0.05) is 54.6 Å². The van der Waals surface area contributed by atoms with Crippen LogP contribution < -0.4 is 16.0 Å². The van der Waals surface area contributed by atoms with Crippen LogP contribution in [0.15, 0.2) is 89.7 Å². The zero-order valence-corrected chi connectivity index (χ0v) is 19.0. The predicted molar refractivity (Wildman–Crippen MR) is 132 cm³/mol. The smallest absolute Gasteiger partial charge is 0.225 e. The van der Waals surface area contributed by atoms with Gasteiger partial charge in [-0.15, -0.1) is 6.58 Å². The van der Waals surface area contributed by atoms with Crippen LogP contribution in [0.2, 0.25) is 0 Å². The molecule has 6 heteroatoms. The summed E-state index contributed by atoms with van der Waals surface area (Å²) in [6.07, 6.45) is 18.4. The van der Waals surface area contributed by atoms with Crippen molar-refractivity contribution in [3.63, 3.8) is 0 Å². The first-order valence-electron chi connectivity index (χ1n) is 11.1. The van der Waals surface area contributed by atoms with Crippen LogP contribution in [0.3, 0.4) is 0 Å². The average Bonchev–Trinajstić information content (AvgIpc) is 3.12. The average molecular weight is 429 g/mol. The molecule has 0 amide bonds. The van der Waals surface area contributed by atoms with Crippen molar-refractivity contribution in [2.45, 2.75) is 26.7 Å². The molecule has 1 aliphatic carbocycles. The van der Waals surface area contributed by atoms with E-state index in [1.54, 1.807) is 0 Å². The number of allylic oxidation sites excluding steroid dienone is 7. The number of hydrogen-bond acceptors (Lipinski definition) is 6. The van der Waals surface area contributed by atoms with Crippen LogP contribution in [0, 0.1) is 11.3 Å². The third-order valence-corrected chi connectivity index (χ3v) is 6.29. The van der Waals surface area contributed by atoms with Crippen LogP contribution in [-0.2, 0) is 0 Å². The van der Waals surface area contributed by atoms with E-state index in [0.717, 1.165) is 54.4 Å². The van der Waals surface area contributed by atoms with Crippen LogP contribution in [0.5, 0.6) is 0 Å². The van der Waals surface area contributed by atoms with E-state index in [2.05, 4.69) is 77.6 Å². The summed E-state index contributed by atoms with van der Waals surface area (Å²) in [5.74, 6) is 1.33. The van der Waals surface area contributed by atoms with Crippen LogP contribution in [0.25, 0.3) is 0 Å². The summed E-state index contributed by atoms with van der Waals surface area (Å²) >= 11 is 0. The first-order valence-corrected chi connectivity index (χ1v) is 11.1. The molecule has 3 heterocycles. The monoisotopic (exact) mass is 428 g/mol. The summed E-state index contributed by atoms with van der Waals surface area (Å²) in [5, 5.41) is 3.33. The van der Waals surface area contributed by atoms with Gasteiger partial charge in [-0.25, -0.2) is 9.97 Å². The van der Waals surface area contributed by atoms with Gasteiger partial charge in [0.15, 0.2) is 0 Å². The van der Waals surface area contributed by atoms with E-state index in [1.165, 1.54) is 5.57 Å². The Morgan fingerprint density at radius 1 is 1.28 bits per heavy atom. The standard InChI is InChI=1S/C26H32N6/c1-5-26(4)16-32(17-26)25-29-14-21(15-30-25)23-18(2)24(31-19(3)27)22(12-13-28-23)20-10-8-6-7-9-11-20/h5-6,8-11,14-15,22,31H,1,3,7,12-13,16-17,27H2,2,4H3. The van der Waals surface area contributed by atoms with Gasteiger partial charge < -0.3 is 16.0 Å². The van der Waals surface area contributed by atoms with Gasteiger partial charge in [-0.05, 0) is 30.9 Å². The van der Waals surface area contributed by atoms with E-state index in [4.69, 9.17) is 10.7 Å². The molecule has 0 radical (unpaired) electrons. The summed E-state index contributed by atoms with van der Waals surface area (Å²) in [4.78, 5) is 16.3. The zero-order chi connectivity index (χ0) is 22.7. The van der Waals surface area contributed by atoms with E-state index in [9.17, 15) is 0 Å². The number of aliphatic imine (C=N–C) groups is 1. The van der Waals surface area contributed by atoms with Crippen molar-refractivity contribution in [1.82, 2.24) is 15.3 Å². The predicted octanol–water partition coefficient (Wildman–Crippen LogP) is 4.03. The van der Waals surface area contributed by atoms with Gasteiger partial charge in [-0.3, -0.25) is 4.99 Å². The molecular weight excluding hydrogens is 396 g/mol. The quantitative estimate of drug-likeness (QED) is 0.669. The number of nitrogens with two attached hydrogens (primary N) is 1. The van der Waals surface area contributed by atoms with Crippen LogP contribution in [-0.4, -0.2) is 35.3 Å². The molecule has 1 saturated heterocycles. The Bertz CT molecular complexity index is 1050. The molecule has 1 unspecified atom stereocenters. The third kappa shape index (κ3) is 4.44. The van der Waals surface area contributed by atoms with Gasteiger partial charge >= 0.3 is 0 Å². The fraction of sp³-hybridized carbons (Fsp3) is 0.346. The minimum absolute atomic E-state index is 0.142. The molecule has 1 fully saturated rings. The van der Waals surface area contributed by atoms with E-state index in [1.807, 2.05) is 18.5 Å². The van der Waals surface area contributed by atoms with Crippen LogP contribution >= 0.6 is 0 Å². The molecule has 0 aromatic carbocycles. The molecule has 1 aromatic rings. The highest BCUT2D eigenvalue weighted by molar-refractivity contribution is 6.12. The number of nitrogens with one attached hydrogen (secondary N) is 1. The molecule has 0 spiro atoms. The number of aromatic nitrogens is 2. The lowest BCUT2D eigenvalue weighted by molar-refractivity contribution is 0.320. The Labute approximate surface area is 190 Å². The number of rotatable bonds is 6. The van der Waals surface area contributed by atoms with Crippen molar-refractivity contribution in [1.29, 1.82) is 0 Å². The first-order chi connectivity index (χ1) is 15.4. The van der Waals surface area contributed by atoms with Crippen molar-refractivity contribution < 1.29 is 0 Å². The molecular formula is C26H32N6. The summed E-state index contributed by atoms with van der Waals surface area (Å²) in [7, 11) is 0. The van der Waals surface area contributed by atoms with Gasteiger partial charge in [0.25, 0.3) is 0 Å². The first kappa shape index (κ1) is 21.8. The van der Waals surface area contributed by atoms with Gasteiger partial charge in [-0.2, -0.15) is 0 Å². The van der Waals surface area contributed by atoms with Gasteiger partial charge in [0.1, 0.15) is 0 Å². The molecule has 0 saturated carbocycles. The van der Waals surface area contributed by atoms with Crippen molar-refractivity contribution in [2.24, 2.45) is 22.1 Å². The van der Waals surface area contributed by atoms with Gasteiger partial charge in [0.05, 0.1) is 11.5 Å². The van der Waals surface area contributed by atoms with Crippen LogP contribution in [0.1, 0.15) is 32.3 Å². The van der Waals surface area contributed by atoms with E-state index in [0.29, 0.717) is 12.4 Å². The van der Waals surface area contributed by atoms with E-state index in [-0.39, 0.29) is 11.3 Å². The summed E-state index contributed by atoms with van der Waals surface area (Å²) in [5.41, 5.74) is 11.3. The molecule has 1 aromatic heterocycles. The molecule has 2 aliphatic heterocycles. The zero-order valence-electron chi connectivity index (χ0n) is 19.0. The Hall–Kier alpha value is -3.41. The number of hydrogen-bond donors (Lipinski definition) is 2. The summed E-state index contributed by atoms with van der Waals surface area (Å²) in [6.45, 7) is 14.6. The van der Waals surface area contributed by atoms with E-state index >= 15 is 0 Å². The van der Waals surface area contributed by atoms with Crippen LogP contribution in [0.4, 0.5) is 5.95 Å². The highest BCUT2D eigenvalue weighted by Gasteiger charge is 2.37. The molecule has 3 N–H and O–H groups in total. The Morgan fingerprint density at radius 3 is 2.72 bits per heavy atom. The maximum atomic E-state index is 5.98. The van der Waals surface area contributed by atoms with Crippen molar-refractivity contribution in [3.8, 4) is 0 Å². The van der Waals surface area contributed by atoms with Crippen molar-refractivity contribution in [3.05, 3.63) is 90.2 Å². The highest BCUT2D eigenvalue weighted by Crippen LogP contribution is 2.34. The van der Waals surface area contributed by atoms with Gasteiger partial charge in [-0.1, -0.05) is 50.0 Å². The molecule has 4 rings (SSSR count). The molecule has 32 heavy (non-hydrogen) atoms. The fourth-order valence-corrected chi connectivity index (χ4v) is 4.48. The maximum absolute atomic E-state index is 5.98. The Balaban J connectivity index is 1.63. The second-order valence-electron chi connectivity index (χ2n) is 8.98.